The van der Waals surface area contributed by atoms with Crippen LogP contribution in [0.1, 0.15) is 28.8 Å². The maximum Gasteiger partial charge on any atom is 0.416 e. The summed E-state index contributed by atoms with van der Waals surface area (Å²) in [6, 6.07) is 5.14. The zero-order valence-electron chi connectivity index (χ0n) is 18.3. The number of alkyl halides is 3. The van der Waals surface area contributed by atoms with Gasteiger partial charge in [0.15, 0.2) is 5.65 Å². The van der Waals surface area contributed by atoms with Crippen LogP contribution in [-0.2, 0) is 6.18 Å². The third-order valence-corrected chi connectivity index (χ3v) is 5.80. The number of pyridine rings is 2. The molecule has 1 aliphatic heterocycles. The predicted molar refractivity (Wildman–Crippen MR) is 119 cm³/mol. The highest BCUT2D eigenvalue weighted by atomic mass is 19.4. The van der Waals surface area contributed by atoms with Gasteiger partial charge in [0, 0.05) is 38.4 Å². The maximum atomic E-state index is 13.3. The van der Waals surface area contributed by atoms with Gasteiger partial charge in [0.25, 0.3) is 5.91 Å². The molecule has 0 spiro atoms. The van der Waals surface area contributed by atoms with E-state index in [9.17, 15) is 22.8 Å². The summed E-state index contributed by atoms with van der Waals surface area (Å²) in [7, 11) is 0. The summed E-state index contributed by atoms with van der Waals surface area (Å²) in [6.07, 6.45) is -2.44. The van der Waals surface area contributed by atoms with Crippen LogP contribution in [0.5, 0.6) is 0 Å². The molecule has 3 aromatic rings. The smallest absolute Gasteiger partial charge is 0.416 e. The number of piperazine rings is 1. The van der Waals surface area contributed by atoms with Crippen molar-refractivity contribution in [2.24, 2.45) is 0 Å². The number of aromatic nitrogens is 4. The zero-order valence-corrected chi connectivity index (χ0v) is 18.3. The number of nitrogens with zero attached hydrogens (tertiary/aromatic N) is 6. The fraction of sp³-hybridized carbons (Fsp3) is 0.381. The zero-order chi connectivity index (χ0) is 24.7. The molecule has 4 heterocycles. The van der Waals surface area contributed by atoms with Crippen LogP contribution in [0.25, 0.3) is 5.65 Å². The fourth-order valence-electron chi connectivity index (χ4n) is 3.75. The molecule has 0 atom stereocenters. The number of carbonyl (C=O) groups is 2. The Bertz CT molecular complexity index is 1270. The summed E-state index contributed by atoms with van der Waals surface area (Å²) in [6.45, 7) is 1.67. The van der Waals surface area contributed by atoms with E-state index in [2.05, 4.69) is 25.7 Å². The molecule has 0 bridgehead atoms. The highest BCUT2D eigenvalue weighted by molar-refractivity contribution is 6.03. The summed E-state index contributed by atoms with van der Waals surface area (Å²) < 4.78 is 41.2. The van der Waals surface area contributed by atoms with Crippen molar-refractivity contribution in [3.63, 3.8) is 0 Å². The Morgan fingerprint density at radius 3 is 2.43 bits per heavy atom. The van der Waals surface area contributed by atoms with Gasteiger partial charge in [-0.3, -0.25) is 10.1 Å². The van der Waals surface area contributed by atoms with Gasteiger partial charge >= 0.3 is 12.3 Å². The number of anilines is 3. The number of hydrogen-bond acceptors (Lipinski definition) is 7. The quantitative estimate of drug-likeness (QED) is 0.498. The minimum Gasteiger partial charge on any atom is -0.465 e. The molecule has 35 heavy (non-hydrogen) atoms. The Balaban J connectivity index is 1.31. The van der Waals surface area contributed by atoms with Crippen molar-refractivity contribution in [1.82, 2.24) is 24.5 Å². The molecule has 1 saturated heterocycles. The van der Waals surface area contributed by atoms with Gasteiger partial charge in [-0.1, -0.05) is 0 Å². The van der Waals surface area contributed by atoms with Gasteiger partial charge in [-0.2, -0.15) is 22.7 Å². The lowest BCUT2D eigenvalue weighted by atomic mass is 10.2. The number of halogens is 3. The topological polar surface area (TPSA) is 128 Å². The van der Waals surface area contributed by atoms with Crippen LogP contribution in [0.4, 0.5) is 35.5 Å². The van der Waals surface area contributed by atoms with Gasteiger partial charge in [-0.05, 0) is 37.1 Å². The molecule has 2 amide bonds. The molecule has 2 aliphatic rings. The Hall–Kier alpha value is -4.10. The molecule has 14 heteroatoms. The first-order chi connectivity index (χ1) is 16.7. The molecule has 5 rings (SSSR count). The van der Waals surface area contributed by atoms with Gasteiger partial charge in [0.1, 0.15) is 11.6 Å². The van der Waals surface area contributed by atoms with E-state index in [-0.39, 0.29) is 29.0 Å². The largest absolute Gasteiger partial charge is 0.465 e. The Morgan fingerprint density at radius 1 is 1.09 bits per heavy atom. The number of nitrogens with one attached hydrogen (secondary N) is 2. The number of rotatable bonds is 5. The number of carboxylic acid groups (broad SMARTS) is 1. The highest BCUT2D eigenvalue weighted by Gasteiger charge is 2.33. The minimum absolute atomic E-state index is 0.0488. The molecule has 1 aliphatic carbocycles. The second kappa shape index (κ2) is 8.60. The first kappa shape index (κ1) is 22.7. The third kappa shape index (κ3) is 4.90. The number of fused-ring (bicyclic) bond motifs is 1. The first-order valence-electron chi connectivity index (χ1n) is 10.9. The standard InChI is InChI=1S/C21H21F3N8O3/c22-21(23,24)13-9-16(26-14-2-3-14)32-17(10-13)27-19(29-32)28-18(33)12-1-4-15(25-11-12)30-5-7-31(8-6-30)20(34)35/h1,4,9-11,14,26H,2-3,5-8H2,(H,34,35)(H,28,29,33). The molecule has 3 aromatic heterocycles. The molecular weight excluding hydrogens is 469 g/mol. The van der Waals surface area contributed by atoms with E-state index in [1.165, 1.54) is 15.6 Å². The van der Waals surface area contributed by atoms with Gasteiger partial charge in [-0.15, -0.1) is 5.10 Å². The van der Waals surface area contributed by atoms with Crippen LogP contribution >= 0.6 is 0 Å². The summed E-state index contributed by atoms with van der Waals surface area (Å²) in [4.78, 5) is 35.3. The van der Waals surface area contributed by atoms with Crippen LogP contribution in [0.3, 0.4) is 0 Å². The van der Waals surface area contributed by atoms with Crippen molar-refractivity contribution in [1.29, 1.82) is 0 Å². The minimum atomic E-state index is -4.55. The van der Waals surface area contributed by atoms with Crippen LogP contribution in [0, 0.1) is 0 Å². The van der Waals surface area contributed by atoms with E-state index in [1.807, 2.05) is 4.90 Å². The van der Waals surface area contributed by atoms with Crippen molar-refractivity contribution < 1.29 is 27.9 Å². The van der Waals surface area contributed by atoms with Crippen LogP contribution in [0.2, 0.25) is 0 Å². The number of amides is 2. The SMILES string of the molecule is O=C(Nc1nc2cc(C(F)(F)F)cc(NC3CC3)n2n1)c1ccc(N2CCN(C(=O)O)CC2)nc1. The van der Waals surface area contributed by atoms with E-state index < -0.39 is 23.7 Å². The number of carbonyl (C=O) groups excluding carboxylic acids is 1. The monoisotopic (exact) mass is 490 g/mol. The lowest BCUT2D eigenvalue weighted by Crippen LogP contribution is -2.48. The first-order valence-corrected chi connectivity index (χ1v) is 10.9. The number of hydrogen-bond donors (Lipinski definition) is 3. The Morgan fingerprint density at radius 2 is 1.83 bits per heavy atom. The van der Waals surface area contributed by atoms with Crippen molar-refractivity contribution in [3.05, 3.63) is 41.6 Å². The van der Waals surface area contributed by atoms with Crippen LogP contribution in [0.15, 0.2) is 30.5 Å². The molecule has 0 aromatic carbocycles. The molecule has 11 nitrogen and oxygen atoms in total. The van der Waals surface area contributed by atoms with Crippen molar-refractivity contribution >= 4 is 35.2 Å². The highest BCUT2D eigenvalue weighted by Crippen LogP contribution is 2.33. The molecule has 3 N–H and O–H groups in total. The van der Waals surface area contributed by atoms with E-state index in [4.69, 9.17) is 5.11 Å². The second-order valence-corrected chi connectivity index (χ2v) is 8.37. The lowest BCUT2D eigenvalue weighted by molar-refractivity contribution is -0.137. The average Bonchev–Trinajstić information content (AvgIpc) is 3.55. The average molecular weight is 490 g/mol. The van der Waals surface area contributed by atoms with E-state index >= 15 is 0 Å². The molecule has 184 valence electrons. The van der Waals surface area contributed by atoms with Gasteiger partial charge in [0.05, 0.1) is 11.1 Å². The summed E-state index contributed by atoms with van der Waals surface area (Å²) in [5, 5.41) is 18.7. The third-order valence-electron chi connectivity index (χ3n) is 5.80. The predicted octanol–water partition coefficient (Wildman–Crippen LogP) is 2.77. The lowest BCUT2D eigenvalue weighted by Gasteiger charge is -2.33. The molecule has 2 fully saturated rings. The normalized spacial score (nSPS) is 16.4. The maximum absolute atomic E-state index is 13.3. The molecule has 0 unspecified atom stereocenters. The van der Waals surface area contributed by atoms with Crippen LogP contribution in [-0.4, -0.2) is 73.8 Å². The van der Waals surface area contributed by atoms with E-state index in [0.29, 0.717) is 32.0 Å². The van der Waals surface area contributed by atoms with Gasteiger partial charge in [0.2, 0.25) is 5.95 Å². The van der Waals surface area contributed by atoms with Crippen molar-refractivity contribution in [2.45, 2.75) is 25.1 Å². The van der Waals surface area contributed by atoms with Crippen molar-refractivity contribution in [2.75, 3.05) is 41.7 Å². The fourth-order valence-corrected chi connectivity index (χ4v) is 3.75. The van der Waals surface area contributed by atoms with Gasteiger partial charge < -0.3 is 20.2 Å². The Labute approximate surface area is 196 Å². The second-order valence-electron chi connectivity index (χ2n) is 8.37. The van der Waals surface area contributed by atoms with Crippen LogP contribution < -0.4 is 15.5 Å². The van der Waals surface area contributed by atoms with E-state index in [1.54, 1.807) is 12.1 Å². The van der Waals surface area contributed by atoms with Crippen molar-refractivity contribution in [3.8, 4) is 0 Å². The molecule has 1 saturated carbocycles. The summed E-state index contributed by atoms with van der Waals surface area (Å²) >= 11 is 0. The molecule has 0 radical (unpaired) electrons. The summed E-state index contributed by atoms with van der Waals surface area (Å²) in [5.41, 5.74) is -0.696. The Kier molecular flexibility index (Phi) is 5.57. The molecular formula is C21H21F3N8O3. The van der Waals surface area contributed by atoms with E-state index in [0.717, 1.165) is 25.0 Å². The summed E-state index contributed by atoms with van der Waals surface area (Å²) in [5.74, 6) is 0.0534. The van der Waals surface area contributed by atoms with Gasteiger partial charge in [-0.25, -0.2) is 9.78 Å².